The quantitative estimate of drug-likeness (QED) is 0.383. The van der Waals surface area contributed by atoms with Crippen LogP contribution in [0.3, 0.4) is 0 Å². The summed E-state index contributed by atoms with van der Waals surface area (Å²) in [7, 11) is 1.56. The van der Waals surface area contributed by atoms with Gasteiger partial charge in [-0.15, -0.1) is 0 Å². The van der Waals surface area contributed by atoms with E-state index in [0.717, 1.165) is 31.3 Å². The van der Waals surface area contributed by atoms with Gasteiger partial charge in [-0.1, -0.05) is 25.5 Å². The van der Waals surface area contributed by atoms with Gasteiger partial charge in [0.2, 0.25) is 12.1 Å². The van der Waals surface area contributed by atoms with E-state index in [4.69, 9.17) is 28.4 Å². The van der Waals surface area contributed by atoms with E-state index in [-0.39, 0.29) is 53.9 Å². The van der Waals surface area contributed by atoms with Crippen LogP contribution in [0.2, 0.25) is 0 Å². The Bertz CT molecular complexity index is 1200. The summed E-state index contributed by atoms with van der Waals surface area (Å²) in [6.07, 6.45) is 5.69. The topological polar surface area (TPSA) is 130 Å². The summed E-state index contributed by atoms with van der Waals surface area (Å²) in [5.74, 6) is -2.62. The largest absolute Gasteiger partial charge is 0.462 e. The Balaban J connectivity index is 1.21. The number of rotatable bonds is 3. The van der Waals surface area contributed by atoms with Crippen LogP contribution in [0.15, 0.2) is 23.3 Å². The van der Waals surface area contributed by atoms with Crippen LogP contribution in [0.4, 0.5) is 0 Å². The maximum Gasteiger partial charge on any atom is 0.331 e. The lowest BCUT2D eigenvalue weighted by Crippen LogP contribution is -2.68. The van der Waals surface area contributed by atoms with Gasteiger partial charge < -0.3 is 38.6 Å². The molecule has 3 saturated carbocycles. The number of fused-ring (bicyclic) bond motifs is 7. The smallest absolute Gasteiger partial charge is 0.331 e. The van der Waals surface area contributed by atoms with Gasteiger partial charge >= 0.3 is 11.9 Å². The van der Waals surface area contributed by atoms with Gasteiger partial charge in [-0.3, -0.25) is 4.79 Å². The maximum atomic E-state index is 12.8. The summed E-state index contributed by atoms with van der Waals surface area (Å²) in [4.78, 5) is 24.2. The molecule has 10 nitrogen and oxygen atoms in total. The number of carbonyl (C=O) groups is 2. The molecule has 10 heteroatoms. The van der Waals surface area contributed by atoms with Gasteiger partial charge in [0.25, 0.3) is 0 Å². The van der Waals surface area contributed by atoms with Gasteiger partial charge in [-0.2, -0.15) is 0 Å². The molecule has 4 aliphatic carbocycles. The van der Waals surface area contributed by atoms with Crippen LogP contribution in [0.1, 0.15) is 65.7 Å². The summed E-state index contributed by atoms with van der Waals surface area (Å²) in [6.45, 7) is 6.36. The third-order valence-electron chi connectivity index (χ3n) is 12.0. The second-order valence-corrected chi connectivity index (χ2v) is 13.8. The molecule has 0 spiro atoms. The highest BCUT2D eigenvalue weighted by molar-refractivity contribution is 5.85. The van der Waals surface area contributed by atoms with Crippen molar-refractivity contribution in [2.75, 3.05) is 20.3 Å². The molecule has 0 aromatic rings. The number of methoxy groups -OCH3 is 1. The standard InChI is InChI=1S/C31H42O10/c1-16(32)39-23-14-30(34)20-6-5-18-12-21-22(41-31(35)24(36-4)8-10-37-27(31)40-21)13-28(18,2)19(20)7-9-29(30,3)26(23)17-11-25(33)38-15-17/h11-12,19-24,26-27,34-35H,5-10,13-15H2,1-4H3/t19-,20+,21-,22-,23+,24+,26-,27-,28+,29+,30+,31+/m0/s1. The van der Waals surface area contributed by atoms with Crippen molar-refractivity contribution in [1.82, 2.24) is 0 Å². The van der Waals surface area contributed by atoms with E-state index in [1.54, 1.807) is 7.11 Å². The summed E-state index contributed by atoms with van der Waals surface area (Å²) in [5, 5.41) is 24.3. The summed E-state index contributed by atoms with van der Waals surface area (Å²) < 4.78 is 35.2. The fourth-order valence-corrected chi connectivity index (χ4v) is 10.2. The lowest BCUT2D eigenvalue weighted by atomic mass is 9.45. The Morgan fingerprint density at radius 1 is 1.12 bits per heavy atom. The van der Waals surface area contributed by atoms with E-state index in [2.05, 4.69) is 19.9 Å². The second-order valence-electron chi connectivity index (χ2n) is 13.8. The van der Waals surface area contributed by atoms with Crippen LogP contribution < -0.4 is 0 Å². The first-order valence-electron chi connectivity index (χ1n) is 15.1. The van der Waals surface area contributed by atoms with Crippen molar-refractivity contribution in [2.24, 2.45) is 28.6 Å². The predicted molar refractivity (Wildman–Crippen MR) is 142 cm³/mol. The number of aliphatic hydroxyl groups is 2. The molecule has 2 saturated heterocycles. The lowest BCUT2D eigenvalue weighted by Gasteiger charge is -2.63. The van der Waals surface area contributed by atoms with Crippen LogP contribution >= 0.6 is 0 Å². The predicted octanol–water partition coefficient (Wildman–Crippen LogP) is 2.55. The van der Waals surface area contributed by atoms with Crippen LogP contribution in [0, 0.1) is 28.6 Å². The molecular weight excluding hydrogens is 532 g/mol. The molecule has 3 aliphatic heterocycles. The van der Waals surface area contributed by atoms with E-state index in [1.165, 1.54) is 18.6 Å². The average Bonchev–Trinajstić information content (AvgIpc) is 3.42. The Kier molecular flexibility index (Phi) is 6.37. The molecule has 7 aliphatic rings. The van der Waals surface area contributed by atoms with Gasteiger partial charge in [0.15, 0.2) is 0 Å². The molecule has 2 N–H and O–H groups in total. The van der Waals surface area contributed by atoms with E-state index in [0.29, 0.717) is 25.9 Å². The minimum absolute atomic E-state index is 0.0355. The first-order valence-corrected chi connectivity index (χ1v) is 15.1. The molecule has 3 heterocycles. The zero-order valence-corrected chi connectivity index (χ0v) is 24.3. The van der Waals surface area contributed by atoms with Crippen LogP contribution in [-0.2, 0) is 38.0 Å². The molecule has 12 atom stereocenters. The highest BCUT2D eigenvalue weighted by Crippen LogP contribution is 2.70. The van der Waals surface area contributed by atoms with Crippen molar-refractivity contribution in [3.8, 4) is 0 Å². The number of hydrogen-bond donors (Lipinski definition) is 2. The van der Waals surface area contributed by atoms with Crippen LogP contribution in [-0.4, -0.2) is 84.6 Å². The normalized spacial score (nSPS) is 52.1. The van der Waals surface area contributed by atoms with Crippen molar-refractivity contribution in [1.29, 1.82) is 0 Å². The molecule has 5 fully saturated rings. The van der Waals surface area contributed by atoms with E-state index in [1.807, 2.05) is 0 Å². The van der Waals surface area contributed by atoms with Crippen molar-refractivity contribution in [3.05, 3.63) is 23.3 Å². The van der Waals surface area contributed by atoms with Gasteiger partial charge in [0.1, 0.15) is 24.9 Å². The fraction of sp³-hybridized carbons (Fsp3) is 0.806. The molecule has 0 radical (unpaired) electrons. The summed E-state index contributed by atoms with van der Waals surface area (Å²) in [6, 6.07) is 0. The minimum Gasteiger partial charge on any atom is -0.462 e. The van der Waals surface area contributed by atoms with Crippen molar-refractivity contribution in [2.45, 2.75) is 108 Å². The van der Waals surface area contributed by atoms with Gasteiger partial charge in [0, 0.05) is 44.3 Å². The average molecular weight is 575 g/mol. The molecule has 7 rings (SSSR count). The number of carbonyl (C=O) groups excluding carboxylic acids is 2. The lowest BCUT2D eigenvalue weighted by molar-refractivity contribution is -0.442. The molecule has 0 aromatic heterocycles. The second kappa shape index (κ2) is 9.34. The fourth-order valence-electron chi connectivity index (χ4n) is 10.2. The first-order chi connectivity index (χ1) is 19.4. The maximum absolute atomic E-state index is 12.8. The summed E-state index contributed by atoms with van der Waals surface area (Å²) in [5.41, 5.74) is 0.167. The number of allylic oxidation sites excluding steroid dienone is 1. The molecule has 226 valence electrons. The number of esters is 2. The van der Waals surface area contributed by atoms with Crippen LogP contribution in [0.5, 0.6) is 0 Å². The number of hydrogen-bond acceptors (Lipinski definition) is 10. The van der Waals surface area contributed by atoms with E-state index < -0.39 is 35.3 Å². The Labute approximate surface area is 240 Å². The monoisotopic (exact) mass is 574 g/mol. The van der Waals surface area contributed by atoms with Crippen molar-refractivity contribution >= 4 is 11.9 Å². The Hall–Kier alpha value is -1.82. The molecule has 0 amide bonds. The van der Waals surface area contributed by atoms with Crippen molar-refractivity contribution < 1.29 is 48.2 Å². The molecule has 41 heavy (non-hydrogen) atoms. The Morgan fingerprint density at radius 3 is 2.63 bits per heavy atom. The van der Waals surface area contributed by atoms with Crippen molar-refractivity contribution in [3.63, 3.8) is 0 Å². The molecule has 0 bridgehead atoms. The van der Waals surface area contributed by atoms with Gasteiger partial charge in [-0.25, -0.2) is 4.79 Å². The summed E-state index contributed by atoms with van der Waals surface area (Å²) >= 11 is 0. The van der Waals surface area contributed by atoms with E-state index >= 15 is 0 Å². The van der Waals surface area contributed by atoms with Gasteiger partial charge in [0.05, 0.1) is 18.3 Å². The third-order valence-corrected chi connectivity index (χ3v) is 12.0. The van der Waals surface area contributed by atoms with Gasteiger partial charge in [-0.05, 0) is 54.9 Å². The molecule has 0 aromatic carbocycles. The number of ether oxygens (including phenoxy) is 6. The Morgan fingerprint density at radius 2 is 1.93 bits per heavy atom. The third kappa shape index (κ3) is 3.83. The highest BCUT2D eigenvalue weighted by Gasteiger charge is 2.71. The number of cyclic esters (lactones) is 1. The van der Waals surface area contributed by atoms with E-state index in [9.17, 15) is 19.8 Å². The zero-order valence-electron chi connectivity index (χ0n) is 24.3. The molecule has 0 unspecified atom stereocenters. The zero-order chi connectivity index (χ0) is 28.9. The SMILES string of the molecule is CO[C@@H]1CCO[C@H]2O[C@H]3C=C4CC[C@@H]5[C@H](CC[C@]6(C)[C@@H](C7=CC(=O)OC7)[C@H](OC(C)=O)C[C@@]56O)[C@]4(C)C[C@@H]3O[C@@]21O. The highest BCUT2D eigenvalue weighted by atomic mass is 16.8. The first kappa shape index (κ1) is 28.0. The van der Waals surface area contributed by atoms with Crippen LogP contribution in [0.25, 0.3) is 0 Å². The minimum atomic E-state index is -1.68. The molecular formula is C31H42O10.